The summed E-state index contributed by atoms with van der Waals surface area (Å²) in [7, 11) is 0. The third kappa shape index (κ3) is 5.09. The van der Waals surface area contributed by atoms with Crippen LogP contribution in [0.5, 0.6) is 0 Å². The van der Waals surface area contributed by atoms with Gasteiger partial charge in [0, 0.05) is 12.1 Å². The molecule has 0 radical (unpaired) electrons. The largest absolute Gasteiger partial charge is 0.459 e. The topological polar surface area (TPSA) is 77.2 Å². The second-order valence-corrected chi connectivity index (χ2v) is 4.89. The number of aromatic nitrogens is 1. The summed E-state index contributed by atoms with van der Waals surface area (Å²) < 4.78 is 18.0. The Morgan fingerprint density at radius 2 is 2.22 bits per heavy atom. The SMILES string of the molecule is CC(C)(C)OC(=O)CNCc1cc(F)cnc1N. The highest BCUT2D eigenvalue weighted by molar-refractivity contribution is 5.72. The van der Waals surface area contributed by atoms with Gasteiger partial charge in [-0.1, -0.05) is 0 Å². The molecule has 0 amide bonds. The number of nitrogens with zero attached hydrogens (tertiary/aromatic N) is 1. The molecule has 1 rings (SSSR count). The Balaban J connectivity index is 2.42. The van der Waals surface area contributed by atoms with Crippen LogP contribution in [-0.2, 0) is 16.1 Å². The third-order valence-corrected chi connectivity index (χ3v) is 1.97. The van der Waals surface area contributed by atoms with Gasteiger partial charge in [0.1, 0.15) is 17.2 Å². The van der Waals surface area contributed by atoms with Crippen molar-refractivity contribution in [1.82, 2.24) is 10.3 Å². The number of hydrogen-bond acceptors (Lipinski definition) is 5. The summed E-state index contributed by atoms with van der Waals surface area (Å²) in [6, 6.07) is 1.28. The molecule has 0 atom stereocenters. The number of ether oxygens (including phenoxy) is 1. The van der Waals surface area contributed by atoms with E-state index < -0.39 is 11.4 Å². The van der Waals surface area contributed by atoms with Crippen LogP contribution in [0.15, 0.2) is 12.3 Å². The highest BCUT2D eigenvalue weighted by Gasteiger charge is 2.15. The first kappa shape index (κ1) is 14.4. The second-order valence-electron chi connectivity index (χ2n) is 4.89. The van der Waals surface area contributed by atoms with Crippen molar-refractivity contribution in [3.63, 3.8) is 0 Å². The van der Waals surface area contributed by atoms with E-state index in [1.54, 1.807) is 20.8 Å². The monoisotopic (exact) mass is 255 g/mol. The lowest BCUT2D eigenvalue weighted by Gasteiger charge is -2.19. The Morgan fingerprint density at radius 1 is 1.56 bits per heavy atom. The molecule has 0 saturated carbocycles. The van der Waals surface area contributed by atoms with Crippen molar-refractivity contribution in [1.29, 1.82) is 0 Å². The highest BCUT2D eigenvalue weighted by Crippen LogP contribution is 2.09. The summed E-state index contributed by atoms with van der Waals surface area (Å²) in [6.07, 6.45) is 1.05. The first-order valence-electron chi connectivity index (χ1n) is 5.60. The lowest BCUT2D eigenvalue weighted by Crippen LogP contribution is -2.31. The number of nitrogens with one attached hydrogen (secondary N) is 1. The van der Waals surface area contributed by atoms with Crippen LogP contribution in [0.2, 0.25) is 0 Å². The molecule has 3 N–H and O–H groups in total. The van der Waals surface area contributed by atoms with Crippen LogP contribution in [0, 0.1) is 5.82 Å². The Bertz CT molecular complexity index is 430. The van der Waals surface area contributed by atoms with Gasteiger partial charge in [0.05, 0.1) is 12.7 Å². The molecule has 0 aliphatic carbocycles. The number of nitrogens with two attached hydrogens (primary N) is 1. The number of nitrogen functional groups attached to an aromatic ring is 1. The molecule has 5 nitrogen and oxygen atoms in total. The predicted molar refractivity (Wildman–Crippen MR) is 66.2 cm³/mol. The van der Waals surface area contributed by atoms with Crippen molar-refractivity contribution >= 4 is 11.8 Å². The van der Waals surface area contributed by atoms with E-state index in [4.69, 9.17) is 10.5 Å². The highest BCUT2D eigenvalue weighted by atomic mass is 19.1. The number of carbonyl (C=O) groups excluding carboxylic acids is 1. The van der Waals surface area contributed by atoms with E-state index in [9.17, 15) is 9.18 Å². The number of rotatable bonds is 4. The number of esters is 1. The van der Waals surface area contributed by atoms with Gasteiger partial charge in [-0.3, -0.25) is 4.79 Å². The number of carbonyl (C=O) groups is 1. The summed E-state index contributed by atoms with van der Waals surface area (Å²) in [5.74, 6) is -0.586. The minimum absolute atomic E-state index is 0.0349. The first-order chi connectivity index (χ1) is 8.28. The molecule has 1 aromatic heterocycles. The minimum Gasteiger partial charge on any atom is -0.459 e. The number of halogens is 1. The number of anilines is 1. The van der Waals surface area contributed by atoms with E-state index >= 15 is 0 Å². The average Bonchev–Trinajstić information content (AvgIpc) is 2.20. The average molecular weight is 255 g/mol. The normalized spacial score (nSPS) is 11.3. The van der Waals surface area contributed by atoms with Gasteiger partial charge in [0.15, 0.2) is 0 Å². The van der Waals surface area contributed by atoms with Crippen molar-refractivity contribution in [2.45, 2.75) is 32.9 Å². The van der Waals surface area contributed by atoms with E-state index in [0.29, 0.717) is 5.56 Å². The minimum atomic E-state index is -0.516. The molecule has 1 aromatic rings. The maximum atomic E-state index is 12.9. The van der Waals surface area contributed by atoms with Crippen LogP contribution >= 0.6 is 0 Å². The zero-order valence-electron chi connectivity index (χ0n) is 10.8. The molecule has 0 unspecified atom stereocenters. The Kier molecular flexibility index (Phi) is 4.61. The first-order valence-corrected chi connectivity index (χ1v) is 5.60. The Hall–Kier alpha value is -1.69. The van der Waals surface area contributed by atoms with Crippen LogP contribution in [0.1, 0.15) is 26.3 Å². The Labute approximate surface area is 106 Å². The molecule has 0 aromatic carbocycles. The van der Waals surface area contributed by atoms with E-state index in [-0.39, 0.29) is 24.9 Å². The van der Waals surface area contributed by atoms with E-state index in [2.05, 4.69) is 10.3 Å². The second kappa shape index (κ2) is 5.77. The fourth-order valence-electron chi connectivity index (χ4n) is 1.31. The molecule has 0 spiro atoms. The van der Waals surface area contributed by atoms with Crippen molar-refractivity contribution in [3.05, 3.63) is 23.6 Å². The summed E-state index contributed by atoms with van der Waals surface area (Å²) in [5.41, 5.74) is 5.57. The molecule has 0 aliphatic heterocycles. The fraction of sp³-hybridized carbons (Fsp3) is 0.500. The van der Waals surface area contributed by atoms with Gasteiger partial charge in [-0.25, -0.2) is 9.37 Å². The van der Waals surface area contributed by atoms with Crippen molar-refractivity contribution in [2.75, 3.05) is 12.3 Å². The van der Waals surface area contributed by atoms with Crippen molar-refractivity contribution < 1.29 is 13.9 Å². The van der Waals surface area contributed by atoms with Crippen LogP contribution in [0.25, 0.3) is 0 Å². The van der Waals surface area contributed by atoms with E-state index in [0.717, 1.165) is 6.20 Å². The Morgan fingerprint density at radius 3 is 2.83 bits per heavy atom. The molecule has 6 heteroatoms. The summed E-state index contributed by atoms with van der Waals surface area (Å²) in [6.45, 7) is 5.67. The van der Waals surface area contributed by atoms with Crippen LogP contribution in [0.4, 0.5) is 10.2 Å². The quantitative estimate of drug-likeness (QED) is 0.791. The van der Waals surface area contributed by atoms with Gasteiger partial charge in [-0.05, 0) is 26.8 Å². The molecular weight excluding hydrogens is 237 g/mol. The van der Waals surface area contributed by atoms with Crippen LogP contribution in [-0.4, -0.2) is 23.1 Å². The molecule has 0 bridgehead atoms. The molecule has 18 heavy (non-hydrogen) atoms. The molecule has 1 heterocycles. The van der Waals surface area contributed by atoms with Crippen molar-refractivity contribution in [2.24, 2.45) is 0 Å². The molecular formula is C12H18FN3O2. The standard InChI is InChI=1S/C12H18FN3O2/c1-12(2,3)18-10(17)7-15-5-8-4-9(13)6-16-11(8)14/h4,6,15H,5,7H2,1-3H3,(H2,14,16). The zero-order chi connectivity index (χ0) is 13.8. The number of hydrogen-bond donors (Lipinski definition) is 2. The van der Waals surface area contributed by atoms with Gasteiger partial charge in [-0.15, -0.1) is 0 Å². The fourth-order valence-corrected chi connectivity index (χ4v) is 1.31. The van der Waals surface area contributed by atoms with Gasteiger partial charge in [0.2, 0.25) is 0 Å². The van der Waals surface area contributed by atoms with Gasteiger partial charge < -0.3 is 15.8 Å². The van der Waals surface area contributed by atoms with E-state index in [1.165, 1.54) is 6.07 Å². The summed E-state index contributed by atoms with van der Waals surface area (Å²) in [5, 5.41) is 2.83. The van der Waals surface area contributed by atoms with Crippen molar-refractivity contribution in [3.8, 4) is 0 Å². The summed E-state index contributed by atoms with van der Waals surface area (Å²) >= 11 is 0. The van der Waals surface area contributed by atoms with Crippen LogP contribution in [0.3, 0.4) is 0 Å². The lowest BCUT2D eigenvalue weighted by molar-refractivity contribution is -0.153. The van der Waals surface area contributed by atoms with E-state index in [1.807, 2.05) is 0 Å². The molecule has 0 fully saturated rings. The lowest BCUT2D eigenvalue weighted by atomic mass is 10.2. The van der Waals surface area contributed by atoms with Gasteiger partial charge >= 0.3 is 5.97 Å². The third-order valence-electron chi connectivity index (χ3n) is 1.97. The number of pyridine rings is 1. The summed E-state index contributed by atoms with van der Waals surface area (Å²) in [4.78, 5) is 15.1. The molecule has 100 valence electrons. The molecule has 0 aliphatic rings. The van der Waals surface area contributed by atoms with Gasteiger partial charge in [0.25, 0.3) is 0 Å². The van der Waals surface area contributed by atoms with Gasteiger partial charge in [-0.2, -0.15) is 0 Å². The molecule has 0 saturated heterocycles. The maximum Gasteiger partial charge on any atom is 0.320 e. The van der Waals surface area contributed by atoms with Crippen LogP contribution < -0.4 is 11.1 Å². The zero-order valence-corrected chi connectivity index (χ0v) is 10.8. The predicted octanol–water partition coefficient (Wildman–Crippen LogP) is 1.23. The smallest absolute Gasteiger partial charge is 0.320 e. The maximum absolute atomic E-state index is 12.9.